The fraction of sp³-hybridized carbons (Fsp3) is 0.273. The molecule has 0 saturated heterocycles. The van der Waals surface area contributed by atoms with Gasteiger partial charge in [-0.1, -0.05) is 34.8 Å². The van der Waals surface area contributed by atoms with Crippen molar-refractivity contribution in [2.24, 2.45) is 0 Å². The maximum atomic E-state index is 11.9. The smallest absolute Gasteiger partial charge is 0.175 e. The van der Waals surface area contributed by atoms with Gasteiger partial charge in [0.1, 0.15) is 18.1 Å². The summed E-state index contributed by atoms with van der Waals surface area (Å²) < 4.78 is 2.91. The third-order valence-corrected chi connectivity index (χ3v) is 3.81. The number of aromatic nitrogens is 3. The molecule has 0 unspecified atom stereocenters. The van der Waals surface area contributed by atoms with Crippen molar-refractivity contribution < 1.29 is 9.79 Å². The Labute approximate surface area is 118 Å². The Kier molecular flexibility index (Phi) is 2.88. The minimum atomic E-state index is -0.234. The van der Waals surface area contributed by atoms with Crippen LogP contribution in [-0.4, -0.2) is 9.90 Å². The summed E-state index contributed by atoms with van der Waals surface area (Å²) in [5, 5.41) is 17.1. The predicted molar refractivity (Wildman–Crippen MR) is 66.5 cm³/mol. The Morgan fingerprint density at radius 3 is 2.50 bits per heavy atom. The molecule has 3 rings (SSSR count). The van der Waals surface area contributed by atoms with Crippen LogP contribution in [-0.2, 0) is 0 Å². The highest BCUT2D eigenvalue weighted by Crippen LogP contribution is 2.33. The van der Waals surface area contributed by atoms with E-state index in [-0.39, 0.29) is 5.88 Å². The van der Waals surface area contributed by atoms with Gasteiger partial charge in [0.2, 0.25) is 0 Å². The first-order valence-electron chi connectivity index (χ1n) is 5.39. The molecule has 2 aromatic rings. The summed E-state index contributed by atoms with van der Waals surface area (Å²) in [5.74, 6) is -0.234. The minimum absolute atomic E-state index is 0.234. The molecule has 1 aromatic carbocycles. The van der Waals surface area contributed by atoms with Crippen LogP contribution in [0, 0.1) is 0 Å². The third kappa shape index (κ3) is 2.05. The molecule has 1 aromatic heterocycles. The second kappa shape index (κ2) is 4.30. The molecule has 18 heavy (non-hydrogen) atoms. The predicted octanol–water partition coefficient (Wildman–Crippen LogP) is 2.53. The Morgan fingerprint density at radius 1 is 1.17 bits per heavy atom. The van der Waals surface area contributed by atoms with Gasteiger partial charge in [0, 0.05) is 6.07 Å². The van der Waals surface area contributed by atoms with E-state index in [2.05, 4.69) is 5.21 Å². The first-order chi connectivity index (χ1) is 8.56. The summed E-state index contributed by atoms with van der Waals surface area (Å²) in [6.07, 6.45) is 3.57. The highest BCUT2D eigenvalue weighted by Gasteiger charge is 2.31. The van der Waals surface area contributed by atoms with Crippen LogP contribution in [0.2, 0.25) is 15.1 Å². The molecule has 1 fully saturated rings. The molecular weight excluding hydrogens is 296 g/mol. The lowest BCUT2D eigenvalue weighted by molar-refractivity contribution is -0.758. The standard InChI is InChI=1S/C11H8Cl3N3O/c12-7-3-9(14)10(4-8(7)13)17-11(18)5-16(15-17)6-1-2-6/h3-6H,1-2H2. The van der Waals surface area contributed by atoms with Crippen molar-refractivity contribution in [2.45, 2.75) is 18.9 Å². The monoisotopic (exact) mass is 303 g/mol. The number of hydrogen-bond donors (Lipinski definition) is 0. The van der Waals surface area contributed by atoms with E-state index in [1.54, 1.807) is 4.68 Å². The van der Waals surface area contributed by atoms with E-state index in [4.69, 9.17) is 34.8 Å². The average Bonchev–Trinajstić information content (AvgIpc) is 3.08. The lowest BCUT2D eigenvalue weighted by Gasteiger charge is -2.04. The normalized spacial score (nSPS) is 15.1. The van der Waals surface area contributed by atoms with Crippen molar-refractivity contribution in [1.82, 2.24) is 9.90 Å². The Bertz CT molecular complexity index is 622. The van der Waals surface area contributed by atoms with Crippen molar-refractivity contribution in [3.05, 3.63) is 33.4 Å². The maximum Gasteiger partial charge on any atom is 0.175 e. The first kappa shape index (κ1) is 12.1. The molecule has 0 bridgehead atoms. The molecule has 0 N–H and O–H groups in total. The quantitative estimate of drug-likeness (QED) is 0.632. The summed E-state index contributed by atoms with van der Waals surface area (Å²) in [4.78, 5) is 0. The van der Waals surface area contributed by atoms with E-state index in [9.17, 15) is 5.11 Å². The van der Waals surface area contributed by atoms with E-state index in [1.807, 2.05) is 0 Å². The number of halogens is 3. The van der Waals surface area contributed by atoms with Gasteiger partial charge in [-0.25, -0.2) is 0 Å². The second-order valence-electron chi connectivity index (χ2n) is 4.20. The number of nitrogens with zero attached hydrogens (tertiary/aromatic N) is 3. The van der Waals surface area contributed by atoms with Crippen molar-refractivity contribution in [3.63, 3.8) is 0 Å². The van der Waals surface area contributed by atoms with Gasteiger partial charge >= 0.3 is 0 Å². The molecule has 0 atom stereocenters. The molecule has 7 heteroatoms. The lowest BCUT2D eigenvalue weighted by atomic mass is 10.3. The number of benzene rings is 1. The topological polar surface area (TPSA) is 44.8 Å². The Balaban J connectivity index is 2.11. The van der Waals surface area contributed by atoms with Gasteiger partial charge in [-0.15, -0.1) is 9.36 Å². The van der Waals surface area contributed by atoms with Crippen LogP contribution in [0.25, 0.3) is 5.69 Å². The molecule has 4 nitrogen and oxygen atoms in total. The van der Waals surface area contributed by atoms with Crippen molar-refractivity contribution in [2.75, 3.05) is 0 Å². The highest BCUT2D eigenvalue weighted by molar-refractivity contribution is 6.43. The molecule has 1 saturated carbocycles. The molecule has 1 aliphatic carbocycles. The average molecular weight is 305 g/mol. The van der Waals surface area contributed by atoms with Crippen LogP contribution >= 0.6 is 34.8 Å². The SMILES string of the molecule is [O-]c1c[n+](C2CC2)nn1-c1cc(Cl)c(Cl)cc1Cl. The van der Waals surface area contributed by atoms with Gasteiger partial charge in [-0.3, -0.25) is 0 Å². The summed E-state index contributed by atoms with van der Waals surface area (Å²) in [6, 6.07) is 3.38. The van der Waals surface area contributed by atoms with Gasteiger partial charge in [-0.05, 0) is 18.9 Å². The van der Waals surface area contributed by atoms with E-state index < -0.39 is 0 Å². The molecule has 94 valence electrons. The fourth-order valence-electron chi connectivity index (χ4n) is 1.70. The molecule has 1 aliphatic rings. The zero-order valence-electron chi connectivity index (χ0n) is 9.11. The van der Waals surface area contributed by atoms with Crippen LogP contribution in [0.5, 0.6) is 5.88 Å². The zero-order chi connectivity index (χ0) is 12.9. The van der Waals surface area contributed by atoms with Crippen LogP contribution < -0.4 is 9.79 Å². The van der Waals surface area contributed by atoms with Crippen molar-refractivity contribution in [3.8, 4) is 11.6 Å². The fourth-order valence-corrected chi connectivity index (χ4v) is 2.32. The summed E-state index contributed by atoms with van der Waals surface area (Å²) in [7, 11) is 0. The van der Waals surface area contributed by atoms with Crippen LogP contribution in [0.3, 0.4) is 0 Å². The molecule has 0 amide bonds. The molecule has 0 aliphatic heterocycles. The second-order valence-corrected chi connectivity index (χ2v) is 5.42. The highest BCUT2D eigenvalue weighted by atomic mass is 35.5. The van der Waals surface area contributed by atoms with Crippen LogP contribution in [0.15, 0.2) is 18.3 Å². The van der Waals surface area contributed by atoms with E-state index in [0.29, 0.717) is 26.8 Å². The van der Waals surface area contributed by atoms with Gasteiger partial charge in [-0.2, -0.15) is 0 Å². The Hall–Kier alpha value is -0.970. The largest absolute Gasteiger partial charge is 0.838 e. The number of rotatable bonds is 2. The van der Waals surface area contributed by atoms with Crippen molar-refractivity contribution in [1.29, 1.82) is 0 Å². The van der Waals surface area contributed by atoms with Crippen LogP contribution in [0.4, 0.5) is 0 Å². The zero-order valence-corrected chi connectivity index (χ0v) is 11.4. The van der Waals surface area contributed by atoms with E-state index >= 15 is 0 Å². The van der Waals surface area contributed by atoms with Crippen molar-refractivity contribution >= 4 is 34.8 Å². The minimum Gasteiger partial charge on any atom is -0.838 e. The number of hydrogen-bond acceptors (Lipinski definition) is 2. The summed E-state index contributed by atoms with van der Waals surface area (Å²) in [6.45, 7) is 0. The Morgan fingerprint density at radius 2 is 1.83 bits per heavy atom. The van der Waals surface area contributed by atoms with Gasteiger partial charge in [0.15, 0.2) is 5.69 Å². The maximum absolute atomic E-state index is 11.9. The van der Waals surface area contributed by atoms with Gasteiger partial charge < -0.3 is 5.11 Å². The van der Waals surface area contributed by atoms with E-state index in [1.165, 1.54) is 23.0 Å². The third-order valence-electron chi connectivity index (χ3n) is 2.78. The van der Waals surface area contributed by atoms with Gasteiger partial charge in [0.05, 0.1) is 20.3 Å². The summed E-state index contributed by atoms with van der Waals surface area (Å²) in [5.41, 5.74) is 0.440. The summed E-state index contributed by atoms with van der Waals surface area (Å²) >= 11 is 17.8. The molecule has 0 spiro atoms. The molecule has 0 radical (unpaired) electrons. The molecule has 1 heterocycles. The van der Waals surface area contributed by atoms with Crippen LogP contribution in [0.1, 0.15) is 18.9 Å². The first-order valence-corrected chi connectivity index (χ1v) is 6.53. The van der Waals surface area contributed by atoms with Gasteiger partial charge in [0.25, 0.3) is 0 Å². The molecular formula is C11H8Cl3N3O. The van der Waals surface area contributed by atoms with E-state index in [0.717, 1.165) is 12.8 Å². The lowest BCUT2D eigenvalue weighted by Crippen LogP contribution is -2.34.